The quantitative estimate of drug-likeness (QED) is 0.822. The van der Waals surface area contributed by atoms with E-state index in [-0.39, 0.29) is 16.5 Å². The van der Waals surface area contributed by atoms with Crippen LogP contribution >= 0.6 is 23.2 Å². The third kappa shape index (κ3) is 3.28. The van der Waals surface area contributed by atoms with Crippen LogP contribution in [0.3, 0.4) is 0 Å². The summed E-state index contributed by atoms with van der Waals surface area (Å²) in [7, 11) is 0. The zero-order valence-electron chi connectivity index (χ0n) is 11.8. The second kappa shape index (κ2) is 6.61. The van der Waals surface area contributed by atoms with Gasteiger partial charge >= 0.3 is 0 Å². The first-order chi connectivity index (χ1) is 9.51. The summed E-state index contributed by atoms with van der Waals surface area (Å²) in [6, 6.07) is 2.82. The minimum Gasteiger partial charge on any atom is -0.372 e. The molecule has 0 saturated carbocycles. The van der Waals surface area contributed by atoms with Crippen molar-refractivity contribution in [1.29, 1.82) is 0 Å². The Kier molecular flexibility index (Phi) is 5.30. The average Bonchev–Trinajstić information content (AvgIpc) is 2.66. The molecule has 2 nitrogen and oxygen atoms in total. The molecule has 1 aromatic rings. The van der Waals surface area contributed by atoms with Gasteiger partial charge in [-0.05, 0) is 25.0 Å². The highest BCUT2D eigenvalue weighted by Gasteiger charge is 2.31. The predicted molar refractivity (Wildman–Crippen MR) is 81.0 cm³/mol. The highest BCUT2D eigenvalue weighted by molar-refractivity contribution is 6.35. The molecule has 1 unspecified atom stereocenters. The van der Waals surface area contributed by atoms with E-state index < -0.39 is 5.82 Å². The van der Waals surface area contributed by atoms with Gasteiger partial charge in [-0.3, -0.25) is 0 Å². The first-order valence-corrected chi connectivity index (χ1v) is 7.73. The molecular formula is C15H20Cl2FNO. The van der Waals surface area contributed by atoms with E-state index in [2.05, 4.69) is 19.2 Å². The highest BCUT2D eigenvalue weighted by Crippen LogP contribution is 2.35. The Hall–Kier alpha value is -0.350. The molecule has 0 radical (unpaired) electrons. The van der Waals surface area contributed by atoms with Crippen molar-refractivity contribution in [2.45, 2.75) is 32.8 Å². The van der Waals surface area contributed by atoms with E-state index in [0.29, 0.717) is 23.7 Å². The molecule has 1 atom stereocenters. The van der Waals surface area contributed by atoms with Crippen molar-refractivity contribution < 1.29 is 9.13 Å². The number of ether oxygens (including phenoxy) is 1. The van der Waals surface area contributed by atoms with E-state index in [1.165, 1.54) is 12.1 Å². The third-order valence-electron chi connectivity index (χ3n) is 4.31. The van der Waals surface area contributed by atoms with Gasteiger partial charge in [-0.2, -0.15) is 0 Å². The summed E-state index contributed by atoms with van der Waals surface area (Å²) >= 11 is 11.9. The predicted octanol–water partition coefficient (Wildman–Crippen LogP) is 4.60. The molecule has 1 aliphatic heterocycles. The van der Waals surface area contributed by atoms with E-state index in [0.717, 1.165) is 19.4 Å². The van der Waals surface area contributed by atoms with Crippen LogP contribution in [0.5, 0.6) is 0 Å². The molecule has 0 aliphatic carbocycles. The van der Waals surface area contributed by atoms with Gasteiger partial charge in [0, 0.05) is 29.1 Å². The van der Waals surface area contributed by atoms with Crippen molar-refractivity contribution in [3.05, 3.63) is 33.6 Å². The van der Waals surface area contributed by atoms with Gasteiger partial charge in [0.05, 0.1) is 17.7 Å². The molecule has 0 amide bonds. The number of halogens is 3. The SMILES string of the molecule is CCC1(CC)CNCC(c2cc(F)c(Cl)cc2Cl)OC1. The molecule has 5 heteroatoms. The molecule has 1 N–H and O–H groups in total. The average molecular weight is 320 g/mol. The van der Waals surface area contributed by atoms with Crippen molar-refractivity contribution in [3.63, 3.8) is 0 Å². The van der Waals surface area contributed by atoms with Gasteiger partial charge in [0.25, 0.3) is 0 Å². The molecule has 1 fully saturated rings. The lowest BCUT2D eigenvalue weighted by Gasteiger charge is -2.29. The zero-order valence-corrected chi connectivity index (χ0v) is 13.3. The number of nitrogens with one attached hydrogen (secondary N) is 1. The van der Waals surface area contributed by atoms with E-state index in [9.17, 15) is 4.39 Å². The Labute approximate surface area is 129 Å². The molecular weight excluding hydrogens is 300 g/mol. The van der Waals surface area contributed by atoms with E-state index in [1.54, 1.807) is 0 Å². The van der Waals surface area contributed by atoms with Crippen molar-refractivity contribution in [1.82, 2.24) is 5.32 Å². The molecule has 20 heavy (non-hydrogen) atoms. The lowest BCUT2D eigenvalue weighted by atomic mass is 9.83. The monoisotopic (exact) mass is 319 g/mol. The molecule has 0 aromatic heterocycles. The van der Waals surface area contributed by atoms with Gasteiger partial charge < -0.3 is 10.1 Å². The molecule has 0 spiro atoms. The Morgan fingerprint density at radius 1 is 1.30 bits per heavy atom. The summed E-state index contributed by atoms with van der Waals surface area (Å²) in [4.78, 5) is 0. The molecule has 1 saturated heterocycles. The van der Waals surface area contributed by atoms with Crippen LogP contribution < -0.4 is 5.32 Å². The van der Waals surface area contributed by atoms with Gasteiger partial charge in [0.2, 0.25) is 0 Å². The lowest BCUT2D eigenvalue weighted by molar-refractivity contribution is 0.0102. The van der Waals surface area contributed by atoms with Crippen LogP contribution in [-0.4, -0.2) is 19.7 Å². The molecule has 0 bridgehead atoms. The molecule has 1 aromatic carbocycles. The summed E-state index contributed by atoms with van der Waals surface area (Å²) < 4.78 is 19.6. The fourth-order valence-corrected chi connectivity index (χ4v) is 3.05. The van der Waals surface area contributed by atoms with Crippen LogP contribution in [0.2, 0.25) is 10.0 Å². The number of benzene rings is 1. The van der Waals surface area contributed by atoms with Crippen LogP contribution in [0.1, 0.15) is 38.4 Å². The maximum Gasteiger partial charge on any atom is 0.142 e. The summed E-state index contributed by atoms with van der Waals surface area (Å²) in [6.45, 7) is 6.53. The van der Waals surface area contributed by atoms with Gasteiger partial charge in [0.1, 0.15) is 5.82 Å². The summed E-state index contributed by atoms with van der Waals surface area (Å²) in [5.41, 5.74) is 0.802. The van der Waals surface area contributed by atoms with Crippen molar-refractivity contribution in [3.8, 4) is 0 Å². The van der Waals surface area contributed by atoms with Gasteiger partial charge in [-0.25, -0.2) is 4.39 Å². The summed E-state index contributed by atoms with van der Waals surface area (Å²) in [5, 5.41) is 3.90. The van der Waals surface area contributed by atoms with Gasteiger partial charge in [0.15, 0.2) is 0 Å². The Morgan fingerprint density at radius 2 is 2.00 bits per heavy atom. The molecule has 2 rings (SSSR count). The van der Waals surface area contributed by atoms with Gasteiger partial charge in [-0.1, -0.05) is 37.0 Å². The van der Waals surface area contributed by atoms with Gasteiger partial charge in [-0.15, -0.1) is 0 Å². The smallest absolute Gasteiger partial charge is 0.142 e. The van der Waals surface area contributed by atoms with Crippen molar-refractivity contribution >= 4 is 23.2 Å². The fourth-order valence-electron chi connectivity index (χ4n) is 2.54. The minimum atomic E-state index is -0.462. The Balaban J connectivity index is 2.21. The van der Waals surface area contributed by atoms with Crippen LogP contribution in [0.15, 0.2) is 12.1 Å². The lowest BCUT2D eigenvalue weighted by Crippen LogP contribution is -2.34. The number of hydrogen-bond acceptors (Lipinski definition) is 2. The second-order valence-electron chi connectivity index (χ2n) is 5.43. The molecule has 112 valence electrons. The Morgan fingerprint density at radius 3 is 2.65 bits per heavy atom. The number of rotatable bonds is 3. The van der Waals surface area contributed by atoms with Crippen LogP contribution in [0.4, 0.5) is 4.39 Å². The standard InChI is InChI=1S/C15H20Cl2FNO/c1-3-15(4-2)8-19-7-14(20-9-15)10-5-13(18)12(17)6-11(10)16/h5-6,14,19H,3-4,7-9H2,1-2H3. The maximum absolute atomic E-state index is 13.6. The highest BCUT2D eigenvalue weighted by atomic mass is 35.5. The normalized spacial score (nSPS) is 22.6. The molecule has 1 heterocycles. The third-order valence-corrected chi connectivity index (χ3v) is 4.92. The fraction of sp³-hybridized carbons (Fsp3) is 0.600. The van der Waals surface area contributed by atoms with Crippen LogP contribution in [0.25, 0.3) is 0 Å². The van der Waals surface area contributed by atoms with Crippen molar-refractivity contribution in [2.75, 3.05) is 19.7 Å². The topological polar surface area (TPSA) is 21.3 Å². The zero-order chi connectivity index (χ0) is 14.8. The minimum absolute atomic E-state index is 0.0387. The first kappa shape index (κ1) is 16.0. The molecule has 1 aliphatic rings. The second-order valence-corrected chi connectivity index (χ2v) is 6.24. The summed E-state index contributed by atoms with van der Waals surface area (Å²) in [5.74, 6) is -0.462. The van der Waals surface area contributed by atoms with Crippen LogP contribution in [0, 0.1) is 11.2 Å². The van der Waals surface area contributed by atoms with E-state index in [1.807, 2.05) is 0 Å². The van der Waals surface area contributed by atoms with E-state index >= 15 is 0 Å². The largest absolute Gasteiger partial charge is 0.372 e. The Bertz CT molecular complexity index is 477. The first-order valence-electron chi connectivity index (χ1n) is 6.98. The maximum atomic E-state index is 13.6. The van der Waals surface area contributed by atoms with Crippen LogP contribution in [-0.2, 0) is 4.74 Å². The summed E-state index contributed by atoms with van der Waals surface area (Å²) in [6.07, 6.45) is 1.85. The van der Waals surface area contributed by atoms with E-state index in [4.69, 9.17) is 27.9 Å². The number of hydrogen-bond donors (Lipinski definition) is 1. The van der Waals surface area contributed by atoms with Crippen molar-refractivity contribution in [2.24, 2.45) is 5.41 Å².